The van der Waals surface area contributed by atoms with Gasteiger partial charge in [-0.25, -0.2) is 4.79 Å². The average molecular weight is 375 g/mol. The van der Waals surface area contributed by atoms with Crippen molar-refractivity contribution >= 4 is 23.6 Å². The number of ether oxygens (including phenoxy) is 1. The Labute approximate surface area is 146 Å². The number of benzene rings is 1. The molecule has 7 nitrogen and oxygen atoms in total. The fourth-order valence-corrected chi connectivity index (χ4v) is 1.99. The van der Waals surface area contributed by atoms with Crippen molar-refractivity contribution in [2.45, 2.75) is 32.1 Å². The molecule has 1 unspecified atom stereocenters. The van der Waals surface area contributed by atoms with Gasteiger partial charge in [-0.15, -0.1) is 0 Å². The van der Waals surface area contributed by atoms with Crippen molar-refractivity contribution in [2.24, 2.45) is 0 Å². The highest BCUT2D eigenvalue weighted by atomic mass is 19.4. The number of amides is 1. The Bertz CT molecular complexity index is 674. The lowest BCUT2D eigenvalue weighted by Gasteiger charge is -2.29. The van der Waals surface area contributed by atoms with Crippen LogP contribution in [0.1, 0.15) is 18.9 Å². The molecule has 1 atom stereocenters. The molecule has 0 saturated heterocycles. The molecule has 0 saturated carbocycles. The van der Waals surface area contributed by atoms with Gasteiger partial charge in [0, 0.05) is 6.54 Å². The third-order valence-electron chi connectivity index (χ3n) is 3.16. The number of hydrogen-bond acceptors (Lipinski definition) is 5. The van der Waals surface area contributed by atoms with Gasteiger partial charge in [0.1, 0.15) is 18.8 Å². The number of carboxylic acid groups (broad SMARTS) is 1. The summed E-state index contributed by atoms with van der Waals surface area (Å²) in [6.07, 6.45) is -5.97. The number of carbonyl (C=O) groups excluding carboxylic acids is 3. The fourth-order valence-electron chi connectivity index (χ4n) is 1.99. The van der Waals surface area contributed by atoms with Crippen molar-refractivity contribution in [3.05, 3.63) is 35.9 Å². The SMILES string of the molecule is CC(=O)CC(=O)OCC(C(=O)O)N(Cc1ccccc1)C(=O)C(F)(F)F. The van der Waals surface area contributed by atoms with Crippen LogP contribution in [-0.2, 0) is 30.5 Å². The number of aliphatic carboxylic acids is 1. The first kappa shape index (κ1) is 21.1. The highest BCUT2D eigenvalue weighted by molar-refractivity contribution is 5.94. The molecule has 0 aliphatic rings. The second-order valence-electron chi connectivity index (χ2n) is 5.33. The van der Waals surface area contributed by atoms with E-state index in [0.717, 1.165) is 6.92 Å². The number of ketones is 1. The predicted octanol–water partition coefficient (Wildman–Crippen LogP) is 1.55. The van der Waals surface area contributed by atoms with E-state index in [2.05, 4.69) is 4.74 Å². The number of nitrogens with zero attached hydrogens (tertiary/aromatic N) is 1. The second-order valence-corrected chi connectivity index (χ2v) is 5.33. The van der Waals surface area contributed by atoms with Crippen LogP contribution in [0, 0.1) is 0 Å². The molecule has 1 N–H and O–H groups in total. The topological polar surface area (TPSA) is 101 Å². The van der Waals surface area contributed by atoms with Crippen molar-refractivity contribution in [2.75, 3.05) is 6.61 Å². The van der Waals surface area contributed by atoms with E-state index in [4.69, 9.17) is 0 Å². The van der Waals surface area contributed by atoms with Crippen molar-refractivity contribution < 1.29 is 42.2 Å². The highest BCUT2D eigenvalue weighted by Gasteiger charge is 2.46. The summed E-state index contributed by atoms with van der Waals surface area (Å²) < 4.78 is 43.1. The molecule has 0 aliphatic carbocycles. The summed E-state index contributed by atoms with van der Waals surface area (Å²) in [5, 5.41) is 9.21. The molecule has 0 radical (unpaired) electrons. The van der Waals surface area contributed by atoms with Crippen LogP contribution in [-0.4, -0.2) is 52.5 Å². The summed E-state index contributed by atoms with van der Waals surface area (Å²) >= 11 is 0. The molecule has 0 fully saturated rings. The van der Waals surface area contributed by atoms with Gasteiger partial charge in [0.15, 0.2) is 6.04 Å². The van der Waals surface area contributed by atoms with Crippen molar-refractivity contribution in [1.29, 1.82) is 0 Å². The quantitative estimate of drug-likeness (QED) is 0.547. The van der Waals surface area contributed by atoms with Gasteiger partial charge in [-0.3, -0.25) is 14.4 Å². The van der Waals surface area contributed by atoms with Gasteiger partial charge in [0.25, 0.3) is 0 Å². The third kappa shape index (κ3) is 6.54. The molecule has 142 valence electrons. The molecule has 0 aliphatic heterocycles. The zero-order valence-corrected chi connectivity index (χ0v) is 13.7. The van der Waals surface area contributed by atoms with Gasteiger partial charge in [0.2, 0.25) is 0 Å². The van der Waals surface area contributed by atoms with Gasteiger partial charge < -0.3 is 14.7 Å². The Morgan fingerprint density at radius 2 is 1.73 bits per heavy atom. The minimum atomic E-state index is -5.31. The van der Waals surface area contributed by atoms with Gasteiger partial charge in [-0.05, 0) is 12.5 Å². The van der Waals surface area contributed by atoms with Gasteiger partial charge in [-0.2, -0.15) is 13.2 Å². The summed E-state index contributed by atoms with van der Waals surface area (Å²) in [6, 6.07) is 5.37. The van der Waals surface area contributed by atoms with Crippen LogP contribution < -0.4 is 0 Å². The smallest absolute Gasteiger partial charge is 0.471 e. The van der Waals surface area contributed by atoms with E-state index in [1.54, 1.807) is 6.07 Å². The van der Waals surface area contributed by atoms with Crippen LogP contribution in [0.5, 0.6) is 0 Å². The molecule has 26 heavy (non-hydrogen) atoms. The molecule has 1 rings (SSSR count). The minimum Gasteiger partial charge on any atom is -0.480 e. The lowest BCUT2D eigenvalue weighted by atomic mass is 10.1. The van der Waals surface area contributed by atoms with Crippen molar-refractivity contribution in [3.63, 3.8) is 0 Å². The van der Waals surface area contributed by atoms with E-state index >= 15 is 0 Å². The van der Waals surface area contributed by atoms with E-state index in [0.29, 0.717) is 0 Å². The van der Waals surface area contributed by atoms with Crippen LogP contribution >= 0.6 is 0 Å². The summed E-state index contributed by atoms with van der Waals surface area (Å²) in [7, 11) is 0. The number of rotatable bonds is 8. The summed E-state index contributed by atoms with van der Waals surface area (Å²) in [5.41, 5.74) is 0.256. The summed E-state index contributed by atoms with van der Waals surface area (Å²) in [4.78, 5) is 45.3. The van der Waals surface area contributed by atoms with Crippen LogP contribution in [0.15, 0.2) is 30.3 Å². The number of esters is 1. The maximum atomic E-state index is 12.9. The Kier molecular flexibility index (Phi) is 7.29. The van der Waals surface area contributed by atoms with E-state index in [1.165, 1.54) is 24.3 Å². The fraction of sp³-hybridized carbons (Fsp3) is 0.375. The number of Topliss-reactive ketones (excluding diaryl/α,β-unsaturated/α-hetero) is 1. The molecular weight excluding hydrogens is 359 g/mol. The highest BCUT2D eigenvalue weighted by Crippen LogP contribution is 2.22. The van der Waals surface area contributed by atoms with Gasteiger partial charge in [-0.1, -0.05) is 30.3 Å². The molecule has 0 heterocycles. The first-order chi connectivity index (χ1) is 12.0. The monoisotopic (exact) mass is 375 g/mol. The first-order valence-corrected chi connectivity index (χ1v) is 7.32. The largest absolute Gasteiger partial charge is 0.480 e. The molecular formula is C16H16F3NO6. The first-order valence-electron chi connectivity index (χ1n) is 7.32. The molecule has 0 spiro atoms. The average Bonchev–Trinajstić information content (AvgIpc) is 2.52. The molecule has 1 aromatic carbocycles. The summed E-state index contributed by atoms with van der Waals surface area (Å²) in [5.74, 6) is -5.82. The lowest BCUT2D eigenvalue weighted by molar-refractivity contribution is -0.192. The Morgan fingerprint density at radius 3 is 2.19 bits per heavy atom. The summed E-state index contributed by atoms with van der Waals surface area (Å²) in [6.45, 7) is -0.582. The number of carbonyl (C=O) groups is 4. The Hall–Kier alpha value is -2.91. The van der Waals surface area contributed by atoms with Gasteiger partial charge in [0.05, 0.1) is 0 Å². The van der Waals surface area contributed by atoms with Crippen LogP contribution in [0.2, 0.25) is 0 Å². The van der Waals surface area contributed by atoms with E-state index in [-0.39, 0.29) is 10.5 Å². The zero-order valence-electron chi connectivity index (χ0n) is 13.7. The van der Waals surface area contributed by atoms with E-state index < -0.39 is 55.4 Å². The van der Waals surface area contributed by atoms with E-state index in [9.17, 15) is 37.5 Å². The maximum Gasteiger partial charge on any atom is 0.471 e. The molecule has 1 amide bonds. The number of alkyl halides is 3. The number of halogens is 3. The Balaban J connectivity index is 3.05. The maximum absolute atomic E-state index is 12.9. The van der Waals surface area contributed by atoms with Crippen molar-refractivity contribution in [3.8, 4) is 0 Å². The standard InChI is InChI=1S/C16H16F3NO6/c1-10(21)7-13(22)26-9-12(14(23)24)20(15(25)16(17,18)19)8-11-5-3-2-4-6-11/h2-6,12H,7-9H2,1H3,(H,23,24). The number of hydrogen-bond donors (Lipinski definition) is 1. The molecule has 1 aromatic rings. The van der Waals surface area contributed by atoms with Crippen LogP contribution in [0.25, 0.3) is 0 Å². The molecule has 10 heteroatoms. The number of carboxylic acids is 1. The molecule has 0 aromatic heterocycles. The van der Waals surface area contributed by atoms with E-state index in [1.807, 2.05) is 0 Å². The normalized spacial score (nSPS) is 12.2. The van der Waals surface area contributed by atoms with Crippen LogP contribution in [0.3, 0.4) is 0 Å². The van der Waals surface area contributed by atoms with Crippen molar-refractivity contribution in [1.82, 2.24) is 4.90 Å². The third-order valence-corrected chi connectivity index (χ3v) is 3.16. The minimum absolute atomic E-state index is 0.0682. The predicted molar refractivity (Wildman–Crippen MR) is 80.7 cm³/mol. The zero-order chi connectivity index (χ0) is 19.9. The van der Waals surface area contributed by atoms with Crippen LogP contribution in [0.4, 0.5) is 13.2 Å². The molecule has 0 bridgehead atoms. The van der Waals surface area contributed by atoms with Gasteiger partial charge >= 0.3 is 24.0 Å². The lowest BCUT2D eigenvalue weighted by Crippen LogP contribution is -2.52. The Morgan fingerprint density at radius 1 is 1.15 bits per heavy atom. The second kappa shape index (κ2) is 8.97.